The molecule has 1 atom stereocenters. The van der Waals surface area contributed by atoms with E-state index in [4.69, 9.17) is 10.5 Å². The van der Waals surface area contributed by atoms with Gasteiger partial charge in [0.15, 0.2) is 0 Å². The third-order valence-electron chi connectivity index (χ3n) is 2.70. The summed E-state index contributed by atoms with van der Waals surface area (Å²) in [6, 6.07) is 5.82. The Balaban J connectivity index is 2.61. The Morgan fingerprint density at radius 1 is 1.47 bits per heavy atom. The Hall–Kier alpha value is -1.26. The van der Waals surface area contributed by atoms with E-state index in [0.717, 1.165) is 24.1 Å². The van der Waals surface area contributed by atoms with Gasteiger partial charge in [-0.25, -0.2) is 0 Å². The van der Waals surface area contributed by atoms with Crippen molar-refractivity contribution in [3.05, 3.63) is 23.8 Å². The molecule has 17 heavy (non-hydrogen) atoms. The van der Waals surface area contributed by atoms with Crippen molar-refractivity contribution in [1.29, 1.82) is 0 Å². The summed E-state index contributed by atoms with van der Waals surface area (Å²) in [5.41, 5.74) is 7.29. The number of phenolic OH excluding ortho intramolecular Hbond substituents is 1. The molecular weight excluding hydrogens is 216 g/mol. The number of phenols is 1. The average Bonchev–Trinajstić information content (AvgIpc) is 2.31. The molecule has 1 unspecified atom stereocenters. The Kier molecular flexibility index (Phi) is 5.80. The maximum absolute atomic E-state index is 9.63. The number of nitrogens with two attached hydrogens (primary N) is 1. The molecule has 1 rings (SSSR count). The zero-order chi connectivity index (χ0) is 12.7. The largest absolute Gasteiger partial charge is 0.508 e. The summed E-state index contributed by atoms with van der Waals surface area (Å²) in [6.45, 7) is 3.19. The summed E-state index contributed by atoms with van der Waals surface area (Å²) in [6.07, 6.45) is 1.91. The van der Waals surface area contributed by atoms with Crippen LogP contribution in [-0.4, -0.2) is 31.4 Å². The second-order valence-corrected chi connectivity index (χ2v) is 4.23. The van der Waals surface area contributed by atoms with E-state index in [1.807, 2.05) is 19.1 Å². The molecule has 0 fully saturated rings. The van der Waals surface area contributed by atoms with Crippen LogP contribution < -0.4 is 11.1 Å². The molecule has 0 aliphatic heterocycles. The molecule has 0 bridgehead atoms. The maximum atomic E-state index is 9.63. The number of anilines is 1. The van der Waals surface area contributed by atoms with E-state index in [0.29, 0.717) is 18.9 Å². The van der Waals surface area contributed by atoms with Crippen molar-refractivity contribution in [2.75, 3.05) is 25.6 Å². The first-order valence-electron chi connectivity index (χ1n) is 5.92. The molecule has 0 aromatic heterocycles. The zero-order valence-electron chi connectivity index (χ0n) is 10.6. The number of hydrogen-bond acceptors (Lipinski definition) is 4. The minimum absolute atomic E-state index is 0.227. The minimum Gasteiger partial charge on any atom is -0.508 e. The lowest BCUT2D eigenvalue weighted by atomic mass is 10.1. The van der Waals surface area contributed by atoms with Gasteiger partial charge in [0.2, 0.25) is 0 Å². The van der Waals surface area contributed by atoms with Crippen molar-refractivity contribution in [3.63, 3.8) is 0 Å². The molecule has 4 heteroatoms. The summed E-state index contributed by atoms with van der Waals surface area (Å²) >= 11 is 0. The van der Waals surface area contributed by atoms with Crippen LogP contribution in [0.1, 0.15) is 18.4 Å². The molecule has 1 aromatic carbocycles. The van der Waals surface area contributed by atoms with Gasteiger partial charge in [-0.1, -0.05) is 6.07 Å². The molecule has 0 spiro atoms. The van der Waals surface area contributed by atoms with Crippen LogP contribution in [0.4, 0.5) is 5.69 Å². The highest BCUT2D eigenvalue weighted by atomic mass is 16.5. The third kappa shape index (κ3) is 4.63. The van der Waals surface area contributed by atoms with Crippen LogP contribution in [0.2, 0.25) is 0 Å². The van der Waals surface area contributed by atoms with Crippen LogP contribution in [0.25, 0.3) is 0 Å². The van der Waals surface area contributed by atoms with Crippen molar-refractivity contribution in [3.8, 4) is 5.75 Å². The van der Waals surface area contributed by atoms with Crippen molar-refractivity contribution >= 4 is 5.69 Å². The fraction of sp³-hybridized carbons (Fsp3) is 0.538. The summed E-state index contributed by atoms with van der Waals surface area (Å²) < 4.78 is 5.16. The molecule has 0 saturated heterocycles. The van der Waals surface area contributed by atoms with Crippen molar-refractivity contribution in [2.45, 2.75) is 25.8 Å². The first kappa shape index (κ1) is 13.8. The van der Waals surface area contributed by atoms with Crippen LogP contribution in [-0.2, 0) is 4.74 Å². The van der Waals surface area contributed by atoms with Gasteiger partial charge in [-0.05, 0) is 37.9 Å². The van der Waals surface area contributed by atoms with Crippen molar-refractivity contribution in [1.82, 2.24) is 0 Å². The molecule has 0 radical (unpaired) electrons. The van der Waals surface area contributed by atoms with E-state index in [2.05, 4.69) is 5.32 Å². The average molecular weight is 238 g/mol. The van der Waals surface area contributed by atoms with Gasteiger partial charge in [-0.3, -0.25) is 0 Å². The van der Waals surface area contributed by atoms with Crippen LogP contribution in [0.15, 0.2) is 18.2 Å². The highest BCUT2D eigenvalue weighted by Gasteiger charge is 2.08. The summed E-state index contributed by atoms with van der Waals surface area (Å²) in [7, 11) is 1.68. The van der Waals surface area contributed by atoms with Gasteiger partial charge < -0.3 is 20.9 Å². The van der Waals surface area contributed by atoms with Crippen LogP contribution in [0.5, 0.6) is 5.75 Å². The molecule has 96 valence electrons. The predicted molar refractivity (Wildman–Crippen MR) is 70.4 cm³/mol. The third-order valence-corrected chi connectivity index (χ3v) is 2.70. The number of aromatic hydroxyl groups is 1. The number of ether oxygens (including phenoxy) is 1. The SMILES string of the molecule is COCC(CCCN)Nc1ccc(C)c(O)c1. The standard InChI is InChI=1S/C13H22N2O2/c1-10-5-6-11(8-13(10)16)15-12(9-17-2)4-3-7-14/h5-6,8,12,15-16H,3-4,7,9,14H2,1-2H3. The van der Waals surface area contributed by atoms with Gasteiger partial charge in [0.1, 0.15) is 5.75 Å². The van der Waals surface area contributed by atoms with E-state index in [1.165, 1.54) is 0 Å². The highest BCUT2D eigenvalue weighted by molar-refractivity contribution is 5.51. The fourth-order valence-electron chi connectivity index (χ4n) is 1.70. The van der Waals surface area contributed by atoms with Crippen molar-refractivity contribution < 1.29 is 9.84 Å². The monoisotopic (exact) mass is 238 g/mol. The van der Waals surface area contributed by atoms with Gasteiger partial charge >= 0.3 is 0 Å². The predicted octanol–water partition coefficient (Wildman–Crippen LogP) is 1.87. The number of benzene rings is 1. The smallest absolute Gasteiger partial charge is 0.120 e. The lowest BCUT2D eigenvalue weighted by molar-refractivity contribution is 0.182. The number of aryl methyl sites for hydroxylation is 1. The Morgan fingerprint density at radius 2 is 2.24 bits per heavy atom. The lowest BCUT2D eigenvalue weighted by Gasteiger charge is -2.19. The van der Waals surface area contributed by atoms with Gasteiger partial charge in [0, 0.05) is 24.9 Å². The topological polar surface area (TPSA) is 67.5 Å². The molecule has 4 N–H and O–H groups in total. The molecule has 0 amide bonds. The molecule has 1 aromatic rings. The van der Waals surface area contributed by atoms with E-state index in [9.17, 15) is 5.11 Å². The molecule has 0 aliphatic rings. The Morgan fingerprint density at radius 3 is 2.82 bits per heavy atom. The van der Waals surface area contributed by atoms with E-state index in [1.54, 1.807) is 13.2 Å². The minimum atomic E-state index is 0.227. The van der Waals surface area contributed by atoms with Crippen molar-refractivity contribution in [2.24, 2.45) is 5.73 Å². The van der Waals surface area contributed by atoms with Crippen LogP contribution >= 0.6 is 0 Å². The normalized spacial score (nSPS) is 12.4. The second-order valence-electron chi connectivity index (χ2n) is 4.23. The van der Waals surface area contributed by atoms with Gasteiger partial charge in [-0.15, -0.1) is 0 Å². The number of nitrogens with one attached hydrogen (secondary N) is 1. The second kappa shape index (κ2) is 7.14. The van der Waals surface area contributed by atoms with Gasteiger partial charge in [0.05, 0.1) is 6.61 Å². The van der Waals surface area contributed by atoms with E-state index >= 15 is 0 Å². The molecule has 0 aliphatic carbocycles. The summed E-state index contributed by atoms with van der Waals surface area (Å²) in [5.74, 6) is 0.310. The zero-order valence-corrected chi connectivity index (χ0v) is 10.6. The van der Waals surface area contributed by atoms with Gasteiger partial charge in [0.25, 0.3) is 0 Å². The van der Waals surface area contributed by atoms with Crippen LogP contribution in [0, 0.1) is 6.92 Å². The lowest BCUT2D eigenvalue weighted by Crippen LogP contribution is -2.25. The van der Waals surface area contributed by atoms with Gasteiger partial charge in [-0.2, -0.15) is 0 Å². The molecular formula is C13H22N2O2. The van der Waals surface area contributed by atoms with E-state index in [-0.39, 0.29) is 6.04 Å². The van der Waals surface area contributed by atoms with E-state index < -0.39 is 0 Å². The first-order chi connectivity index (χ1) is 8.17. The number of rotatable bonds is 7. The Labute approximate surface area is 103 Å². The Bertz CT molecular complexity index is 342. The number of methoxy groups -OCH3 is 1. The summed E-state index contributed by atoms with van der Waals surface area (Å²) in [5, 5.41) is 13.0. The maximum Gasteiger partial charge on any atom is 0.120 e. The quantitative estimate of drug-likeness (QED) is 0.678. The first-order valence-corrected chi connectivity index (χ1v) is 5.92. The number of hydrogen-bond donors (Lipinski definition) is 3. The molecule has 0 heterocycles. The van der Waals surface area contributed by atoms with Crippen LogP contribution in [0.3, 0.4) is 0 Å². The summed E-state index contributed by atoms with van der Waals surface area (Å²) in [4.78, 5) is 0. The molecule has 4 nitrogen and oxygen atoms in total. The fourth-order valence-corrected chi connectivity index (χ4v) is 1.70. The highest BCUT2D eigenvalue weighted by Crippen LogP contribution is 2.21. The molecule has 0 saturated carbocycles.